The average Bonchev–Trinajstić information content (AvgIpc) is 2.11. The second-order valence-electron chi connectivity index (χ2n) is 3.81. The molecular formula is C9H17N3O2S. The Bertz CT molecular complexity index is 262. The molecule has 6 heteroatoms. The molecule has 5 nitrogen and oxygen atoms in total. The van der Waals surface area contributed by atoms with E-state index in [1.807, 2.05) is 13.8 Å². The highest BCUT2D eigenvalue weighted by Gasteiger charge is 2.29. The van der Waals surface area contributed by atoms with Crippen LogP contribution < -0.4 is 0 Å². The summed E-state index contributed by atoms with van der Waals surface area (Å²) >= 11 is 1.23. The monoisotopic (exact) mass is 231 g/mol. The maximum absolute atomic E-state index is 10.9. The topological polar surface area (TPSA) is 75.1 Å². The van der Waals surface area contributed by atoms with Crippen molar-refractivity contribution in [3.63, 3.8) is 0 Å². The number of Topliss-reactive ketones (excluding diaryl/α,β-unsaturated/α-hetero) is 1. The van der Waals surface area contributed by atoms with Crippen molar-refractivity contribution in [3.8, 4) is 0 Å². The minimum Gasteiger partial charge on any atom is -0.309 e. The quantitative estimate of drug-likeness (QED) is 0.292. The minimum absolute atomic E-state index is 0.0908. The van der Waals surface area contributed by atoms with Gasteiger partial charge < -0.3 is 8.98 Å². The van der Waals surface area contributed by atoms with Gasteiger partial charge in [-0.2, -0.15) is 0 Å². The molecule has 0 bridgehead atoms. The Morgan fingerprint density at radius 1 is 1.67 bits per heavy atom. The van der Waals surface area contributed by atoms with Crippen LogP contribution in [0.15, 0.2) is 5.11 Å². The lowest BCUT2D eigenvalue weighted by Crippen LogP contribution is -2.36. The van der Waals surface area contributed by atoms with Crippen molar-refractivity contribution < 1.29 is 8.98 Å². The van der Waals surface area contributed by atoms with Crippen molar-refractivity contribution in [1.29, 1.82) is 0 Å². The Morgan fingerprint density at radius 3 is 2.67 bits per heavy atom. The molecule has 0 saturated carbocycles. The zero-order valence-corrected chi connectivity index (χ0v) is 10.4. The third kappa shape index (κ3) is 5.67. The number of azide groups is 1. The molecule has 0 aliphatic rings. The van der Waals surface area contributed by atoms with Crippen LogP contribution in [-0.4, -0.2) is 23.7 Å². The van der Waals surface area contributed by atoms with Crippen LogP contribution in [0.5, 0.6) is 0 Å². The highest BCUT2D eigenvalue weighted by atomic mass is 32.2. The largest absolute Gasteiger partial charge is 0.309 e. The predicted octanol–water partition coefficient (Wildman–Crippen LogP) is 3.11. The normalized spacial score (nSPS) is 13.1. The maximum atomic E-state index is 10.9. The summed E-state index contributed by atoms with van der Waals surface area (Å²) in [5, 5.41) is 3.68. The molecule has 0 aliphatic heterocycles. The molecule has 0 saturated heterocycles. The molecule has 0 N–H and O–H groups in total. The first-order chi connectivity index (χ1) is 6.94. The molecular weight excluding hydrogens is 214 g/mol. The van der Waals surface area contributed by atoms with E-state index in [0.717, 1.165) is 0 Å². The molecule has 1 atom stereocenters. The van der Waals surface area contributed by atoms with Crippen molar-refractivity contribution >= 4 is 17.8 Å². The van der Waals surface area contributed by atoms with E-state index in [0.29, 0.717) is 12.8 Å². The van der Waals surface area contributed by atoms with E-state index in [4.69, 9.17) is 9.71 Å². The molecule has 15 heavy (non-hydrogen) atoms. The standard InChI is InChI=1S/C9H17N3O2S/c1-7(13)5-6-8(11-12-10)9(2,3)14-15-4/h8H,5-6H2,1-4H3. The van der Waals surface area contributed by atoms with Gasteiger partial charge in [-0.25, -0.2) is 0 Å². The van der Waals surface area contributed by atoms with Gasteiger partial charge in [0.2, 0.25) is 0 Å². The Labute approximate surface area is 94.4 Å². The van der Waals surface area contributed by atoms with Crippen LogP contribution in [0.1, 0.15) is 33.6 Å². The van der Waals surface area contributed by atoms with Crippen molar-refractivity contribution in [2.24, 2.45) is 5.11 Å². The van der Waals surface area contributed by atoms with Gasteiger partial charge in [0.05, 0.1) is 11.6 Å². The lowest BCUT2D eigenvalue weighted by atomic mass is 9.95. The van der Waals surface area contributed by atoms with Crippen LogP contribution in [0.2, 0.25) is 0 Å². The molecule has 0 amide bonds. The SMILES string of the molecule is CSOC(C)(C)C(CCC(C)=O)N=[N+]=[N-]. The first kappa shape index (κ1) is 14.3. The number of ketones is 1. The lowest BCUT2D eigenvalue weighted by molar-refractivity contribution is -0.117. The molecule has 0 fully saturated rings. The highest BCUT2D eigenvalue weighted by molar-refractivity contribution is 7.93. The minimum atomic E-state index is -0.554. The van der Waals surface area contributed by atoms with Gasteiger partial charge in [-0.3, -0.25) is 0 Å². The molecule has 0 aromatic carbocycles. The number of hydrogen-bond donors (Lipinski definition) is 0. The fraction of sp³-hybridized carbons (Fsp3) is 0.889. The number of carbonyl (C=O) groups excluding carboxylic acids is 1. The number of carbonyl (C=O) groups is 1. The van der Waals surface area contributed by atoms with Crippen LogP contribution >= 0.6 is 12.0 Å². The molecule has 0 aromatic heterocycles. The fourth-order valence-electron chi connectivity index (χ4n) is 1.22. The van der Waals surface area contributed by atoms with Gasteiger partial charge in [-0.1, -0.05) is 5.11 Å². The number of rotatable bonds is 7. The molecule has 0 spiro atoms. The Hall–Kier alpha value is -0.710. The predicted molar refractivity (Wildman–Crippen MR) is 61.5 cm³/mol. The van der Waals surface area contributed by atoms with E-state index >= 15 is 0 Å². The zero-order chi connectivity index (χ0) is 11.9. The zero-order valence-electron chi connectivity index (χ0n) is 9.56. The third-order valence-corrected chi connectivity index (χ3v) is 2.66. The van der Waals surface area contributed by atoms with Gasteiger partial charge in [-0.05, 0) is 44.8 Å². The first-order valence-corrected chi connectivity index (χ1v) is 5.84. The van der Waals surface area contributed by atoms with E-state index in [9.17, 15) is 4.79 Å². The Kier molecular flexibility index (Phi) is 6.40. The smallest absolute Gasteiger partial charge is 0.129 e. The van der Waals surface area contributed by atoms with E-state index in [2.05, 4.69) is 10.0 Å². The van der Waals surface area contributed by atoms with Crippen LogP contribution in [0.4, 0.5) is 0 Å². The van der Waals surface area contributed by atoms with Gasteiger partial charge in [-0.15, -0.1) is 0 Å². The first-order valence-electron chi connectivity index (χ1n) is 4.69. The van der Waals surface area contributed by atoms with E-state index < -0.39 is 5.60 Å². The van der Waals surface area contributed by atoms with Crippen molar-refractivity contribution in [2.45, 2.75) is 45.3 Å². The molecule has 0 radical (unpaired) electrons. The summed E-state index contributed by atoms with van der Waals surface area (Å²) in [6, 6.07) is -0.321. The summed E-state index contributed by atoms with van der Waals surface area (Å²) in [6.07, 6.45) is 2.73. The summed E-state index contributed by atoms with van der Waals surface area (Å²) in [5.41, 5.74) is 7.89. The van der Waals surface area contributed by atoms with Crippen LogP contribution in [0.25, 0.3) is 10.4 Å². The number of nitrogens with zero attached hydrogens (tertiary/aromatic N) is 3. The maximum Gasteiger partial charge on any atom is 0.129 e. The molecule has 0 rings (SSSR count). The summed E-state index contributed by atoms with van der Waals surface area (Å²) < 4.78 is 5.42. The van der Waals surface area contributed by atoms with Crippen LogP contribution in [0, 0.1) is 0 Å². The van der Waals surface area contributed by atoms with E-state index in [-0.39, 0.29) is 11.8 Å². The number of hydrogen-bond acceptors (Lipinski definition) is 4. The van der Waals surface area contributed by atoms with Crippen molar-refractivity contribution in [1.82, 2.24) is 0 Å². The molecule has 86 valence electrons. The van der Waals surface area contributed by atoms with E-state index in [1.54, 1.807) is 6.26 Å². The lowest BCUT2D eigenvalue weighted by Gasteiger charge is -2.29. The third-order valence-electron chi connectivity index (χ3n) is 2.06. The fourth-order valence-corrected chi connectivity index (χ4v) is 1.76. The van der Waals surface area contributed by atoms with E-state index in [1.165, 1.54) is 19.0 Å². The van der Waals surface area contributed by atoms with Crippen molar-refractivity contribution in [3.05, 3.63) is 10.4 Å². The van der Waals surface area contributed by atoms with Gasteiger partial charge >= 0.3 is 0 Å². The summed E-state index contributed by atoms with van der Waals surface area (Å²) in [4.78, 5) is 13.6. The Balaban J connectivity index is 4.49. The highest BCUT2D eigenvalue weighted by Crippen LogP contribution is 2.26. The molecule has 0 aromatic rings. The van der Waals surface area contributed by atoms with Crippen LogP contribution in [0.3, 0.4) is 0 Å². The van der Waals surface area contributed by atoms with Crippen molar-refractivity contribution in [2.75, 3.05) is 6.26 Å². The summed E-state index contributed by atoms with van der Waals surface area (Å²) in [6.45, 7) is 5.22. The summed E-state index contributed by atoms with van der Waals surface area (Å²) in [7, 11) is 0. The average molecular weight is 231 g/mol. The van der Waals surface area contributed by atoms with Gasteiger partial charge in [0.25, 0.3) is 0 Å². The van der Waals surface area contributed by atoms with Gasteiger partial charge in [0.15, 0.2) is 0 Å². The van der Waals surface area contributed by atoms with Crippen LogP contribution in [-0.2, 0) is 8.98 Å². The molecule has 0 aliphatic carbocycles. The summed E-state index contributed by atoms with van der Waals surface area (Å²) in [5.74, 6) is 0.0908. The molecule has 1 unspecified atom stereocenters. The van der Waals surface area contributed by atoms with Gasteiger partial charge in [0.1, 0.15) is 5.78 Å². The second kappa shape index (κ2) is 6.71. The second-order valence-corrected chi connectivity index (χ2v) is 4.31. The Morgan fingerprint density at radius 2 is 2.27 bits per heavy atom. The van der Waals surface area contributed by atoms with Gasteiger partial charge in [0, 0.05) is 17.6 Å². The molecule has 0 heterocycles.